The minimum absolute atomic E-state index is 0.110. The normalized spacial score (nSPS) is 27.3. The van der Waals surface area contributed by atoms with E-state index in [2.05, 4.69) is 33.4 Å². The van der Waals surface area contributed by atoms with E-state index in [0.29, 0.717) is 17.1 Å². The summed E-state index contributed by atoms with van der Waals surface area (Å²) < 4.78 is 43.1. The first kappa shape index (κ1) is 23.6. The summed E-state index contributed by atoms with van der Waals surface area (Å²) in [7, 11) is -4.28. The third-order valence-electron chi connectivity index (χ3n) is 7.53. The van der Waals surface area contributed by atoms with Crippen molar-refractivity contribution in [1.29, 1.82) is 0 Å². The van der Waals surface area contributed by atoms with Crippen LogP contribution in [0.3, 0.4) is 0 Å². The van der Waals surface area contributed by atoms with E-state index in [1.54, 1.807) is 0 Å². The van der Waals surface area contributed by atoms with Crippen molar-refractivity contribution in [2.75, 3.05) is 35.8 Å². The van der Waals surface area contributed by atoms with Crippen molar-refractivity contribution in [3.05, 3.63) is 32.8 Å². The number of sulfonamides is 1. The van der Waals surface area contributed by atoms with Crippen LogP contribution in [0.25, 0.3) is 0 Å². The van der Waals surface area contributed by atoms with Crippen LogP contribution in [0.2, 0.25) is 10.0 Å². The van der Waals surface area contributed by atoms with E-state index < -0.39 is 20.7 Å². The monoisotopic (exact) mass is 532 g/mol. The predicted octanol–water partition coefficient (Wildman–Crippen LogP) is 5.48. The van der Waals surface area contributed by atoms with Gasteiger partial charge in [-0.3, -0.25) is 9.62 Å². The highest BCUT2D eigenvalue weighted by Gasteiger charge is 2.54. The number of benzene rings is 1. The number of nitrogens with zero attached hydrogens (tertiary/aromatic N) is 3. The molecule has 3 heterocycles. The van der Waals surface area contributed by atoms with Crippen molar-refractivity contribution in [3.63, 3.8) is 0 Å². The van der Waals surface area contributed by atoms with Crippen molar-refractivity contribution in [3.8, 4) is 0 Å². The molecule has 0 amide bonds. The number of hydrogen-bond acceptors (Lipinski definition) is 6. The van der Waals surface area contributed by atoms with Gasteiger partial charge in [0.15, 0.2) is 11.6 Å². The van der Waals surface area contributed by atoms with Gasteiger partial charge in [0, 0.05) is 36.5 Å². The second-order valence-electron chi connectivity index (χ2n) is 10.3. The number of anilines is 2. The molecule has 5 rings (SSSR count). The van der Waals surface area contributed by atoms with Gasteiger partial charge in [0.2, 0.25) is 0 Å². The number of halogens is 3. The summed E-state index contributed by atoms with van der Waals surface area (Å²) in [5.74, 6) is -0.924. The molecular formula is C22H27Cl2FN4O2S2. The molecule has 33 heavy (non-hydrogen) atoms. The highest BCUT2D eigenvalue weighted by Crippen LogP contribution is 2.54. The Balaban J connectivity index is 1.39. The Labute approximate surface area is 208 Å². The van der Waals surface area contributed by atoms with Crippen LogP contribution in [-0.4, -0.2) is 50.5 Å². The largest absolute Gasteiger partial charge is 0.370 e. The second kappa shape index (κ2) is 8.22. The van der Waals surface area contributed by atoms with Gasteiger partial charge in [0.1, 0.15) is 9.92 Å². The molecule has 2 saturated heterocycles. The van der Waals surface area contributed by atoms with Crippen LogP contribution >= 0.6 is 34.5 Å². The Morgan fingerprint density at radius 2 is 2.00 bits per heavy atom. The Kier molecular flexibility index (Phi) is 5.88. The maximum atomic E-state index is 15.3. The average Bonchev–Trinajstić information content (AvgIpc) is 3.44. The molecule has 1 N–H and O–H groups in total. The molecule has 0 radical (unpaired) electrons. The Bertz CT molecular complexity index is 1180. The first-order valence-electron chi connectivity index (χ1n) is 11.1. The van der Waals surface area contributed by atoms with Gasteiger partial charge in [-0.1, -0.05) is 37.0 Å². The molecule has 1 aromatic heterocycles. The van der Waals surface area contributed by atoms with Crippen molar-refractivity contribution < 1.29 is 12.8 Å². The summed E-state index contributed by atoms with van der Waals surface area (Å²) in [6.45, 7) is 8.39. The SMILES string of the molecule is CC1(C)CCN([C@H]2CC[C@@]23CCN(c2cc(Cl)c(S(=O)(=O)Nc4cscn4)c(F)c2Cl)C3)C1. The van der Waals surface area contributed by atoms with Gasteiger partial charge in [0.25, 0.3) is 10.0 Å². The van der Waals surface area contributed by atoms with Crippen molar-refractivity contribution in [2.45, 2.75) is 50.5 Å². The molecule has 6 nitrogen and oxygen atoms in total. The van der Waals surface area contributed by atoms with Crippen LogP contribution < -0.4 is 9.62 Å². The van der Waals surface area contributed by atoms with Crippen LogP contribution in [0, 0.1) is 16.6 Å². The highest BCUT2D eigenvalue weighted by atomic mass is 35.5. The Hall–Kier alpha value is -1.13. The van der Waals surface area contributed by atoms with E-state index in [1.165, 1.54) is 41.1 Å². The number of thiazole rings is 1. The van der Waals surface area contributed by atoms with Crippen LogP contribution in [0.5, 0.6) is 0 Å². The number of nitrogens with one attached hydrogen (secondary N) is 1. The molecule has 1 aromatic carbocycles. The number of rotatable bonds is 5. The van der Waals surface area contributed by atoms with Crippen LogP contribution in [-0.2, 0) is 10.0 Å². The predicted molar refractivity (Wildman–Crippen MR) is 132 cm³/mol. The molecule has 3 aliphatic rings. The second-order valence-corrected chi connectivity index (χ2v) is 13.4. The molecular weight excluding hydrogens is 506 g/mol. The molecule has 1 spiro atoms. The maximum absolute atomic E-state index is 15.3. The van der Waals surface area contributed by atoms with Gasteiger partial charge >= 0.3 is 0 Å². The zero-order chi connectivity index (χ0) is 23.6. The fraction of sp³-hybridized carbons (Fsp3) is 0.591. The van der Waals surface area contributed by atoms with E-state index >= 15 is 4.39 Å². The fourth-order valence-electron chi connectivity index (χ4n) is 5.74. The molecule has 0 bridgehead atoms. The standard InChI is InChI=1S/C22H27Cl2FN4O2S2/c1-21(2)5-7-29(11-21)16-3-4-22(16)6-8-28(12-22)15-9-14(23)20(19(25)18(15)24)33(30,31)27-17-10-32-13-26-17/h9-10,13,16,27H,3-8,11-12H2,1-2H3/t16-,22-/m0/s1. The topological polar surface area (TPSA) is 65.5 Å². The first-order valence-corrected chi connectivity index (χ1v) is 14.3. The van der Waals surface area contributed by atoms with Crippen molar-refractivity contribution in [1.82, 2.24) is 9.88 Å². The van der Waals surface area contributed by atoms with Crippen LogP contribution in [0.1, 0.15) is 39.5 Å². The molecule has 1 saturated carbocycles. The minimum atomic E-state index is -4.28. The van der Waals surface area contributed by atoms with E-state index in [4.69, 9.17) is 23.2 Å². The fourth-order valence-corrected chi connectivity index (χ4v) is 8.26. The first-order chi connectivity index (χ1) is 15.5. The summed E-state index contributed by atoms with van der Waals surface area (Å²) in [6.07, 6.45) is 4.55. The lowest BCUT2D eigenvalue weighted by molar-refractivity contribution is -0.00273. The smallest absolute Gasteiger partial charge is 0.267 e. The van der Waals surface area contributed by atoms with Crippen LogP contribution in [0.4, 0.5) is 15.9 Å². The summed E-state index contributed by atoms with van der Waals surface area (Å²) in [5, 5.41) is 1.11. The Morgan fingerprint density at radius 1 is 1.21 bits per heavy atom. The minimum Gasteiger partial charge on any atom is -0.370 e. The van der Waals surface area contributed by atoms with Crippen molar-refractivity contribution >= 4 is 56.1 Å². The van der Waals surface area contributed by atoms with Gasteiger partial charge in [-0.15, -0.1) is 11.3 Å². The van der Waals surface area contributed by atoms with Gasteiger partial charge < -0.3 is 4.90 Å². The highest BCUT2D eigenvalue weighted by molar-refractivity contribution is 7.92. The van der Waals surface area contributed by atoms with Gasteiger partial charge in [-0.05, 0) is 43.7 Å². The molecule has 2 aliphatic heterocycles. The summed E-state index contributed by atoms with van der Waals surface area (Å²) in [5.41, 5.74) is 2.45. The van der Waals surface area contributed by atoms with Gasteiger partial charge in [-0.2, -0.15) is 0 Å². The molecule has 2 aromatic rings. The summed E-state index contributed by atoms with van der Waals surface area (Å²) in [4.78, 5) is 7.93. The molecule has 2 atom stereocenters. The lowest BCUT2D eigenvalue weighted by Gasteiger charge is -2.52. The lowest BCUT2D eigenvalue weighted by atomic mass is 9.63. The number of hydrogen-bond donors (Lipinski definition) is 1. The maximum Gasteiger partial charge on any atom is 0.267 e. The quantitative estimate of drug-likeness (QED) is 0.516. The Morgan fingerprint density at radius 3 is 2.61 bits per heavy atom. The number of likely N-dealkylation sites (tertiary alicyclic amines) is 1. The summed E-state index contributed by atoms with van der Waals surface area (Å²) >= 11 is 13.9. The summed E-state index contributed by atoms with van der Waals surface area (Å²) in [6, 6.07) is 2.01. The van der Waals surface area contributed by atoms with Gasteiger partial charge in [-0.25, -0.2) is 17.8 Å². The van der Waals surface area contributed by atoms with E-state index in [-0.39, 0.29) is 21.3 Å². The third-order valence-corrected chi connectivity index (χ3v) is 10.3. The zero-order valence-corrected chi connectivity index (χ0v) is 21.7. The zero-order valence-electron chi connectivity index (χ0n) is 18.6. The molecule has 1 aliphatic carbocycles. The van der Waals surface area contributed by atoms with E-state index in [1.807, 2.05) is 0 Å². The van der Waals surface area contributed by atoms with E-state index in [0.717, 1.165) is 39.0 Å². The number of aromatic nitrogens is 1. The average molecular weight is 534 g/mol. The van der Waals surface area contributed by atoms with Gasteiger partial charge in [0.05, 0.1) is 16.2 Å². The molecule has 0 unspecified atom stereocenters. The molecule has 3 fully saturated rings. The molecule has 11 heteroatoms. The molecule has 180 valence electrons. The lowest BCUT2D eigenvalue weighted by Crippen LogP contribution is -2.56. The van der Waals surface area contributed by atoms with Crippen molar-refractivity contribution in [2.24, 2.45) is 10.8 Å². The van der Waals surface area contributed by atoms with Crippen LogP contribution in [0.15, 0.2) is 21.9 Å². The van der Waals surface area contributed by atoms with E-state index in [9.17, 15) is 8.42 Å². The third kappa shape index (κ3) is 4.14.